The van der Waals surface area contributed by atoms with Gasteiger partial charge in [0.1, 0.15) is 11.5 Å². The third-order valence-corrected chi connectivity index (χ3v) is 16.3. The normalized spacial score (nSPS) is 13.9. The molecule has 344 valence electrons. The summed E-state index contributed by atoms with van der Waals surface area (Å²) in [6.45, 7) is 4.74. The van der Waals surface area contributed by atoms with Gasteiger partial charge in [-0.2, -0.15) is 0 Å². The van der Waals surface area contributed by atoms with Crippen LogP contribution in [0.3, 0.4) is 0 Å². The van der Waals surface area contributed by atoms with E-state index in [9.17, 15) is 0 Å². The molecule has 15 rings (SSSR count). The van der Waals surface area contributed by atoms with E-state index in [4.69, 9.17) is 4.74 Å². The Balaban J connectivity index is 0.953. The van der Waals surface area contributed by atoms with Crippen LogP contribution in [0.2, 0.25) is 0 Å². The predicted octanol–water partition coefficient (Wildman–Crippen LogP) is 18.4. The molecule has 3 nitrogen and oxygen atoms in total. The largest absolute Gasteiger partial charge is 0.457 e. The van der Waals surface area contributed by atoms with Crippen molar-refractivity contribution in [1.29, 1.82) is 0 Å². The molecule has 0 atom stereocenters. The lowest BCUT2D eigenvalue weighted by Crippen LogP contribution is -2.36. The molecule has 1 aromatic heterocycles. The molecule has 0 radical (unpaired) electrons. The number of hydrogen-bond donors (Lipinski definition) is 0. The minimum atomic E-state index is -0.796. The van der Waals surface area contributed by atoms with Crippen LogP contribution in [0.25, 0.3) is 72.0 Å². The van der Waals surface area contributed by atoms with Crippen LogP contribution in [0, 0.1) is 0 Å². The van der Waals surface area contributed by atoms with Crippen LogP contribution in [0.15, 0.2) is 255 Å². The molecule has 0 fully saturated rings. The number of para-hydroxylation sites is 3. The van der Waals surface area contributed by atoms with Gasteiger partial charge in [0.2, 0.25) is 0 Å². The first kappa shape index (κ1) is 41.6. The quantitative estimate of drug-likeness (QED) is 0.171. The van der Waals surface area contributed by atoms with Crippen LogP contribution in [-0.4, -0.2) is 4.57 Å². The van der Waals surface area contributed by atoms with Gasteiger partial charge in [-0.25, -0.2) is 0 Å². The first-order valence-corrected chi connectivity index (χ1v) is 25.4. The van der Waals surface area contributed by atoms with Gasteiger partial charge in [0.15, 0.2) is 0 Å². The zero-order chi connectivity index (χ0) is 48.4. The molecule has 3 aliphatic rings. The van der Waals surface area contributed by atoms with Crippen LogP contribution >= 0.6 is 0 Å². The van der Waals surface area contributed by atoms with Crippen LogP contribution in [0.4, 0.5) is 17.1 Å². The van der Waals surface area contributed by atoms with Gasteiger partial charge >= 0.3 is 0 Å². The highest BCUT2D eigenvalue weighted by Gasteiger charge is 2.51. The number of nitrogens with zero attached hydrogens (tertiary/aromatic N) is 2. The summed E-state index contributed by atoms with van der Waals surface area (Å²) >= 11 is 0. The standard InChI is InChI=1S/C70H48N2O/c1-69(2)58-25-10-5-22-54(58)55-43-42-49(44-62(55)69)71(47-38-34-45(35-39-47)46-36-40-48(41-37-46)72-63-29-14-8-23-56(63)57-24-9-15-30-64(57)72)65-31-17-33-67-68(65)70(61-28-13-16-32-66(61)73-67)59-26-11-6-20-52(59)50-18-3-4-19-51(50)53-21-7-12-27-60(53)70/h3-44H,1-2H3. The van der Waals surface area contributed by atoms with E-state index in [1.807, 2.05) is 0 Å². The number of hydrogen-bond acceptors (Lipinski definition) is 2. The van der Waals surface area contributed by atoms with Gasteiger partial charge in [0.25, 0.3) is 0 Å². The molecule has 11 aromatic carbocycles. The van der Waals surface area contributed by atoms with Crippen molar-refractivity contribution in [2.75, 3.05) is 4.90 Å². The van der Waals surface area contributed by atoms with Gasteiger partial charge in [-0.1, -0.05) is 202 Å². The summed E-state index contributed by atoms with van der Waals surface area (Å²) in [7, 11) is 0. The van der Waals surface area contributed by atoms with Crippen molar-refractivity contribution in [3.05, 3.63) is 288 Å². The van der Waals surface area contributed by atoms with E-state index in [0.717, 1.165) is 56.5 Å². The second-order valence-electron chi connectivity index (χ2n) is 20.3. The number of benzene rings is 11. The van der Waals surface area contributed by atoms with Gasteiger partial charge in [-0.15, -0.1) is 0 Å². The molecule has 0 unspecified atom stereocenters. The highest BCUT2D eigenvalue weighted by Crippen LogP contribution is 2.64. The van der Waals surface area contributed by atoms with E-state index >= 15 is 0 Å². The summed E-state index contributed by atoms with van der Waals surface area (Å²) in [5, 5.41) is 2.52. The Bertz CT molecular complexity index is 4090. The molecule has 1 aliphatic heterocycles. The fourth-order valence-corrected chi connectivity index (χ4v) is 13.1. The number of rotatable bonds is 5. The summed E-state index contributed by atoms with van der Waals surface area (Å²) in [6.07, 6.45) is 0. The smallest absolute Gasteiger partial charge is 0.134 e. The maximum absolute atomic E-state index is 7.20. The molecular formula is C70H48N2O. The van der Waals surface area contributed by atoms with Crippen molar-refractivity contribution < 1.29 is 4.74 Å². The summed E-state index contributed by atoms with van der Waals surface area (Å²) < 4.78 is 9.58. The summed E-state index contributed by atoms with van der Waals surface area (Å²) in [4.78, 5) is 2.50. The highest BCUT2D eigenvalue weighted by molar-refractivity contribution is 6.09. The minimum Gasteiger partial charge on any atom is -0.457 e. The predicted molar refractivity (Wildman–Crippen MR) is 301 cm³/mol. The molecule has 0 saturated heterocycles. The Hall–Kier alpha value is -9.18. The molecule has 1 spiro atoms. The second kappa shape index (κ2) is 15.7. The fourth-order valence-electron chi connectivity index (χ4n) is 13.1. The number of anilines is 3. The zero-order valence-electron chi connectivity index (χ0n) is 40.6. The van der Waals surface area contributed by atoms with Gasteiger partial charge in [0.05, 0.1) is 22.1 Å². The number of aromatic nitrogens is 1. The third kappa shape index (κ3) is 5.88. The average Bonchev–Trinajstić information content (AvgIpc) is 3.87. The molecule has 12 aromatic rings. The van der Waals surface area contributed by atoms with Crippen molar-refractivity contribution in [3.63, 3.8) is 0 Å². The molecule has 3 heteroatoms. The van der Waals surface area contributed by atoms with Crippen LogP contribution in [0.1, 0.15) is 47.2 Å². The van der Waals surface area contributed by atoms with Crippen molar-refractivity contribution in [2.24, 2.45) is 0 Å². The molecule has 2 heterocycles. The summed E-state index contributed by atoms with van der Waals surface area (Å²) in [5.41, 5.74) is 22.9. The van der Waals surface area contributed by atoms with Gasteiger partial charge < -0.3 is 14.2 Å². The van der Waals surface area contributed by atoms with Gasteiger partial charge in [-0.3, -0.25) is 0 Å². The molecule has 0 amide bonds. The Morgan fingerprint density at radius 2 is 0.822 bits per heavy atom. The van der Waals surface area contributed by atoms with E-state index in [1.165, 1.54) is 77.4 Å². The monoisotopic (exact) mass is 932 g/mol. The number of ether oxygens (including phenoxy) is 1. The van der Waals surface area contributed by atoms with E-state index in [-0.39, 0.29) is 5.41 Å². The molecular weight excluding hydrogens is 885 g/mol. The molecule has 2 aliphatic carbocycles. The second-order valence-corrected chi connectivity index (χ2v) is 20.3. The maximum atomic E-state index is 7.20. The highest BCUT2D eigenvalue weighted by atomic mass is 16.5. The van der Waals surface area contributed by atoms with E-state index in [0.29, 0.717) is 0 Å². The Kier molecular flexibility index (Phi) is 8.92. The molecule has 0 bridgehead atoms. The Labute approximate surface area is 425 Å². The first-order chi connectivity index (χ1) is 36.0. The van der Waals surface area contributed by atoms with Crippen molar-refractivity contribution in [3.8, 4) is 61.7 Å². The lowest BCUT2D eigenvalue weighted by molar-refractivity contribution is 0.435. The Morgan fingerprint density at radius 1 is 0.356 bits per heavy atom. The summed E-state index contributed by atoms with van der Waals surface area (Å²) in [5.74, 6) is 1.70. The van der Waals surface area contributed by atoms with Crippen molar-refractivity contribution in [1.82, 2.24) is 4.57 Å². The van der Waals surface area contributed by atoms with Crippen LogP contribution < -0.4 is 9.64 Å². The van der Waals surface area contributed by atoms with E-state index < -0.39 is 5.41 Å². The van der Waals surface area contributed by atoms with Gasteiger partial charge in [0, 0.05) is 44.4 Å². The average molecular weight is 933 g/mol. The topological polar surface area (TPSA) is 17.4 Å². The minimum absolute atomic E-state index is 0.201. The zero-order valence-corrected chi connectivity index (χ0v) is 40.6. The molecule has 73 heavy (non-hydrogen) atoms. The Morgan fingerprint density at radius 3 is 1.45 bits per heavy atom. The van der Waals surface area contributed by atoms with E-state index in [1.54, 1.807) is 0 Å². The van der Waals surface area contributed by atoms with Crippen LogP contribution in [-0.2, 0) is 10.8 Å². The summed E-state index contributed by atoms with van der Waals surface area (Å²) in [6, 6.07) is 94.1. The maximum Gasteiger partial charge on any atom is 0.134 e. The van der Waals surface area contributed by atoms with Crippen molar-refractivity contribution in [2.45, 2.75) is 24.7 Å². The van der Waals surface area contributed by atoms with Crippen LogP contribution in [0.5, 0.6) is 11.5 Å². The van der Waals surface area contributed by atoms with E-state index in [2.05, 4.69) is 278 Å². The lowest BCUT2D eigenvalue weighted by atomic mass is 9.61. The third-order valence-electron chi connectivity index (χ3n) is 16.3. The van der Waals surface area contributed by atoms with Crippen molar-refractivity contribution >= 4 is 38.9 Å². The van der Waals surface area contributed by atoms with Gasteiger partial charge in [-0.05, 0) is 133 Å². The number of fused-ring (bicyclic) bond motifs is 17. The lowest BCUT2D eigenvalue weighted by Gasteiger charge is -2.44. The fraction of sp³-hybridized carbons (Fsp3) is 0.0571. The molecule has 0 N–H and O–H groups in total. The SMILES string of the molecule is CC1(C)c2ccccc2-c2ccc(N(c3ccc(-c4ccc(-n5c6ccccc6c6ccccc65)cc4)cc3)c3cccc4c3C3(c5ccccc5O4)c4ccccc4-c4ccccc4-c4ccccc43)cc21. The molecule has 0 saturated carbocycles. The first-order valence-electron chi connectivity index (χ1n) is 25.4.